The van der Waals surface area contributed by atoms with Crippen LogP contribution >= 0.6 is 15.9 Å². The molecule has 0 saturated heterocycles. The zero-order valence-corrected chi connectivity index (χ0v) is 9.73. The lowest BCUT2D eigenvalue weighted by Gasteiger charge is -2.04. The Morgan fingerprint density at radius 2 is 2.15 bits per heavy atom. The van der Waals surface area contributed by atoms with Crippen LogP contribution < -0.4 is 5.32 Å². The van der Waals surface area contributed by atoms with Crippen LogP contribution in [0.1, 0.15) is 6.42 Å². The van der Waals surface area contributed by atoms with Crippen LogP contribution in [0.25, 0.3) is 0 Å². The van der Waals surface area contributed by atoms with Crippen LogP contribution in [-0.4, -0.2) is 40.0 Å². The second-order valence-corrected chi connectivity index (χ2v) is 3.77. The number of halogens is 1. The van der Waals surface area contributed by atoms with Crippen molar-refractivity contribution in [2.75, 3.05) is 40.0 Å². The molecule has 0 bridgehead atoms. The topological polar surface area (TPSA) is 30.5 Å². The molecular formula is C9H18BrNO2. The lowest BCUT2D eigenvalue weighted by Crippen LogP contribution is -2.18. The van der Waals surface area contributed by atoms with Crippen LogP contribution in [0, 0.1) is 0 Å². The molecule has 0 unspecified atom stereocenters. The highest BCUT2D eigenvalue weighted by Gasteiger charge is 1.90. The van der Waals surface area contributed by atoms with Crippen LogP contribution in [0.4, 0.5) is 0 Å². The van der Waals surface area contributed by atoms with Crippen molar-refractivity contribution in [2.24, 2.45) is 0 Å². The van der Waals surface area contributed by atoms with Gasteiger partial charge < -0.3 is 14.8 Å². The molecule has 0 radical (unpaired) electrons. The minimum atomic E-state index is 0.672. The lowest BCUT2D eigenvalue weighted by atomic mass is 10.4. The third-order valence-corrected chi connectivity index (χ3v) is 1.67. The summed E-state index contributed by atoms with van der Waals surface area (Å²) < 4.78 is 11.1. The first-order valence-electron chi connectivity index (χ1n) is 4.38. The van der Waals surface area contributed by atoms with Crippen LogP contribution in [0.3, 0.4) is 0 Å². The third kappa shape index (κ3) is 12.1. The van der Waals surface area contributed by atoms with Gasteiger partial charge in [-0.15, -0.1) is 0 Å². The van der Waals surface area contributed by atoms with Gasteiger partial charge in [-0.1, -0.05) is 22.5 Å². The van der Waals surface area contributed by atoms with Gasteiger partial charge in [0.05, 0.1) is 13.2 Å². The number of methoxy groups -OCH3 is 1. The summed E-state index contributed by atoms with van der Waals surface area (Å²) in [7, 11) is 1.67. The Kier molecular flexibility index (Phi) is 10.3. The lowest BCUT2D eigenvalue weighted by molar-refractivity contribution is 0.0696. The van der Waals surface area contributed by atoms with E-state index < -0.39 is 0 Å². The van der Waals surface area contributed by atoms with Crippen LogP contribution in [0.2, 0.25) is 0 Å². The average molecular weight is 252 g/mol. The number of rotatable bonds is 9. The van der Waals surface area contributed by atoms with Gasteiger partial charge in [0.1, 0.15) is 0 Å². The van der Waals surface area contributed by atoms with E-state index in [1.807, 2.05) is 0 Å². The van der Waals surface area contributed by atoms with Crippen molar-refractivity contribution in [3.05, 3.63) is 11.1 Å². The molecule has 0 saturated carbocycles. The molecule has 3 nitrogen and oxygen atoms in total. The molecule has 0 heterocycles. The van der Waals surface area contributed by atoms with E-state index in [4.69, 9.17) is 9.47 Å². The molecule has 0 amide bonds. The fourth-order valence-corrected chi connectivity index (χ4v) is 0.966. The van der Waals surface area contributed by atoms with Gasteiger partial charge in [-0.3, -0.25) is 0 Å². The highest BCUT2D eigenvalue weighted by atomic mass is 79.9. The summed E-state index contributed by atoms with van der Waals surface area (Å²) in [5.41, 5.74) is 0. The second kappa shape index (κ2) is 10.2. The van der Waals surface area contributed by atoms with Gasteiger partial charge in [-0.05, 0) is 13.0 Å². The third-order valence-electron chi connectivity index (χ3n) is 1.39. The molecule has 0 aromatic rings. The minimum Gasteiger partial charge on any atom is -0.382 e. The number of nitrogens with one attached hydrogen (secondary N) is 1. The summed E-state index contributed by atoms with van der Waals surface area (Å²) in [5, 5.41) is 3.22. The van der Waals surface area contributed by atoms with Gasteiger partial charge >= 0.3 is 0 Å². The first kappa shape index (κ1) is 13.1. The van der Waals surface area contributed by atoms with E-state index in [2.05, 4.69) is 27.8 Å². The van der Waals surface area contributed by atoms with Crippen molar-refractivity contribution in [3.63, 3.8) is 0 Å². The first-order valence-corrected chi connectivity index (χ1v) is 5.17. The maximum Gasteiger partial charge on any atom is 0.0700 e. The predicted octanol–water partition coefficient (Wildman–Crippen LogP) is 1.54. The minimum absolute atomic E-state index is 0.672. The Bertz CT molecular complexity index is 131. The summed E-state index contributed by atoms with van der Waals surface area (Å²) >= 11 is 3.27. The fraction of sp³-hybridized carbons (Fsp3) is 0.778. The first-order chi connectivity index (χ1) is 6.27. The SMILES string of the molecule is C=C(Br)CNCCCOCCOC. The Balaban J connectivity index is 2.87. The molecule has 0 aromatic carbocycles. The quantitative estimate of drug-likeness (QED) is 0.631. The van der Waals surface area contributed by atoms with E-state index in [1.165, 1.54) is 0 Å². The van der Waals surface area contributed by atoms with Crippen LogP contribution in [0.15, 0.2) is 11.1 Å². The fourth-order valence-electron chi connectivity index (χ4n) is 0.768. The zero-order valence-electron chi connectivity index (χ0n) is 8.14. The van der Waals surface area contributed by atoms with Crippen molar-refractivity contribution in [1.29, 1.82) is 0 Å². The summed E-state index contributed by atoms with van der Waals surface area (Å²) in [6, 6.07) is 0. The number of ether oxygens (including phenoxy) is 2. The number of hydrogen-bond acceptors (Lipinski definition) is 3. The molecule has 0 aliphatic rings. The van der Waals surface area contributed by atoms with Gasteiger partial charge in [0, 0.05) is 24.7 Å². The van der Waals surface area contributed by atoms with Gasteiger partial charge in [0.25, 0.3) is 0 Å². The van der Waals surface area contributed by atoms with Crippen molar-refractivity contribution < 1.29 is 9.47 Å². The van der Waals surface area contributed by atoms with Crippen molar-refractivity contribution >= 4 is 15.9 Å². The van der Waals surface area contributed by atoms with Crippen LogP contribution in [-0.2, 0) is 9.47 Å². The van der Waals surface area contributed by atoms with Gasteiger partial charge in [0.2, 0.25) is 0 Å². The molecule has 0 aliphatic heterocycles. The Hall–Kier alpha value is 0.1000. The highest BCUT2D eigenvalue weighted by Crippen LogP contribution is 1.96. The summed E-state index contributed by atoms with van der Waals surface area (Å²) in [6.07, 6.45) is 1.02. The van der Waals surface area contributed by atoms with E-state index in [-0.39, 0.29) is 0 Å². The van der Waals surface area contributed by atoms with E-state index in [9.17, 15) is 0 Å². The molecule has 0 aliphatic carbocycles. The maximum absolute atomic E-state index is 5.28. The molecule has 13 heavy (non-hydrogen) atoms. The maximum atomic E-state index is 5.28. The molecule has 0 atom stereocenters. The molecule has 4 heteroatoms. The monoisotopic (exact) mass is 251 g/mol. The largest absolute Gasteiger partial charge is 0.382 e. The predicted molar refractivity (Wildman–Crippen MR) is 58.2 cm³/mol. The van der Waals surface area contributed by atoms with Crippen molar-refractivity contribution in [3.8, 4) is 0 Å². The molecule has 78 valence electrons. The Labute approximate surface area is 88.6 Å². The molecule has 0 fully saturated rings. The van der Waals surface area contributed by atoms with Crippen molar-refractivity contribution in [2.45, 2.75) is 6.42 Å². The van der Waals surface area contributed by atoms with Crippen LogP contribution in [0.5, 0.6) is 0 Å². The van der Waals surface area contributed by atoms with E-state index >= 15 is 0 Å². The van der Waals surface area contributed by atoms with Gasteiger partial charge in [-0.25, -0.2) is 0 Å². The molecular weight excluding hydrogens is 234 g/mol. The smallest absolute Gasteiger partial charge is 0.0700 e. The van der Waals surface area contributed by atoms with Gasteiger partial charge in [0.15, 0.2) is 0 Å². The number of hydrogen-bond donors (Lipinski definition) is 1. The Morgan fingerprint density at radius 3 is 2.77 bits per heavy atom. The Morgan fingerprint density at radius 1 is 1.38 bits per heavy atom. The summed E-state index contributed by atoms with van der Waals surface area (Å²) in [6.45, 7) is 7.63. The molecule has 0 aromatic heterocycles. The second-order valence-electron chi connectivity index (χ2n) is 2.65. The highest BCUT2D eigenvalue weighted by molar-refractivity contribution is 9.11. The normalized spacial score (nSPS) is 10.3. The van der Waals surface area contributed by atoms with E-state index in [0.29, 0.717) is 13.2 Å². The molecule has 0 spiro atoms. The van der Waals surface area contributed by atoms with E-state index in [1.54, 1.807) is 7.11 Å². The molecule has 1 N–H and O–H groups in total. The van der Waals surface area contributed by atoms with Gasteiger partial charge in [-0.2, -0.15) is 0 Å². The summed E-state index contributed by atoms with van der Waals surface area (Å²) in [5.74, 6) is 0. The van der Waals surface area contributed by atoms with Crippen molar-refractivity contribution in [1.82, 2.24) is 5.32 Å². The summed E-state index contributed by atoms with van der Waals surface area (Å²) in [4.78, 5) is 0. The molecule has 0 rings (SSSR count). The zero-order chi connectivity index (χ0) is 9.94. The average Bonchev–Trinajstić information content (AvgIpc) is 2.09. The van der Waals surface area contributed by atoms with E-state index in [0.717, 1.165) is 30.6 Å². The standard InChI is InChI=1S/C9H18BrNO2/c1-9(10)8-11-4-3-5-13-7-6-12-2/h11H,1,3-8H2,2H3.